The minimum absolute atomic E-state index is 0.0972. The quantitative estimate of drug-likeness (QED) is 0.846. The zero-order valence-corrected chi connectivity index (χ0v) is 15.4. The number of benzene rings is 1. The van der Waals surface area contributed by atoms with E-state index in [9.17, 15) is 9.59 Å². The zero-order chi connectivity index (χ0) is 18.8. The van der Waals surface area contributed by atoms with E-state index in [0.29, 0.717) is 31.9 Å². The van der Waals surface area contributed by atoms with E-state index in [2.05, 4.69) is 15.1 Å². The van der Waals surface area contributed by atoms with Crippen LogP contribution in [0.5, 0.6) is 0 Å². The van der Waals surface area contributed by atoms with Crippen molar-refractivity contribution in [3.63, 3.8) is 0 Å². The van der Waals surface area contributed by atoms with E-state index in [0.717, 1.165) is 42.5 Å². The number of nitrogens with zero attached hydrogens (tertiary/aromatic N) is 3. The van der Waals surface area contributed by atoms with Gasteiger partial charge in [-0.1, -0.05) is 30.3 Å². The number of carbonyl (C=O) groups is 2. The zero-order valence-electron chi connectivity index (χ0n) is 15.4. The van der Waals surface area contributed by atoms with E-state index >= 15 is 0 Å². The first kappa shape index (κ1) is 17.7. The molecule has 4 rings (SSSR count). The molecule has 1 aromatic heterocycles. The van der Waals surface area contributed by atoms with Gasteiger partial charge in [-0.2, -0.15) is 5.10 Å². The molecule has 1 unspecified atom stereocenters. The maximum atomic E-state index is 13.0. The van der Waals surface area contributed by atoms with Crippen LogP contribution < -0.4 is 5.73 Å². The van der Waals surface area contributed by atoms with Crippen LogP contribution in [0.4, 0.5) is 0 Å². The molecule has 0 saturated carbocycles. The monoisotopic (exact) mass is 367 g/mol. The van der Waals surface area contributed by atoms with Gasteiger partial charge in [0.25, 0.3) is 5.91 Å². The van der Waals surface area contributed by atoms with E-state index in [1.54, 1.807) is 4.90 Å². The Labute approximate surface area is 158 Å². The van der Waals surface area contributed by atoms with Crippen molar-refractivity contribution in [2.24, 2.45) is 5.73 Å². The van der Waals surface area contributed by atoms with Crippen LogP contribution in [0.15, 0.2) is 30.3 Å². The SMILES string of the molecule is NC(=O)C1CN(C(=O)c2n[nH]c3c2CCCC3)CCN1Cc1ccccc1. The lowest BCUT2D eigenvalue weighted by molar-refractivity contribution is -0.125. The smallest absolute Gasteiger partial charge is 0.274 e. The Morgan fingerprint density at radius 1 is 1.15 bits per heavy atom. The third-order valence-corrected chi connectivity index (χ3v) is 5.59. The number of piperazine rings is 1. The molecule has 0 bridgehead atoms. The number of H-pyrrole nitrogens is 1. The molecule has 7 nitrogen and oxygen atoms in total. The van der Waals surface area contributed by atoms with Gasteiger partial charge in [0.2, 0.25) is 5.91 Å². The molecule has 1 saturated heterocycles. The van der Waals surface area contributed by atoms with E-state index in [1.807, 2.05) is 30.3 Å². The number of nitrogens with two attached hydrogens (primary N) is 1. The standard InChI is InChI=1S/C20H25N5O2/c21-19(26)17-13-25(11-10-24(17)12-14-6-2-1-3-7-14)20(27)18-15-8-4-5-9-16(15)22-23-18/h1-3,6-7,17H,4-5,8-13H2,(H2,21,26)(H,22,23). The normalized spacial score (nSPS) is 20.3. The minimum Gasteiger partial charge on any atom is -0.368 e. The number of nitrogens with one attached hydrogen (secondary N) is 1. The summed E-state index contributed by atoms with van der Waals surface area (Å²) in [4.78, 5) is 28.9. The highest BCUT2D eigenvalue weighted by molar-refractivity contribution is 5.94. The van der Waals surface area contributed by atoms with Crippen molar-refractivity contribution in [2.75, 3.05) is 19.6 Å². The van der Waals surface area contributed by atoms with Crippen LogP contribution in [0.2, 0.25) is 0 Å². The molecule has 2 amide bonds. The molecule has 1 aliphatic carbocycles. The van der Waals surface area contributed by atoms with Crippen LogP contribution >= 0.6 is 0 Å². The minimum atomic E-state index is -0.488. The van der Waals surface area contributed by atoms with Gasteiger partial charge in [0, 0.05) is 37.4 Å². The Kier molecular flexibility index (Phi) is 4.94. The molecule has 2 aromatic rings. The second-order valence-corrected chi connectivity index (χ2v) is 7.36. The third kappa shape index (κ3) is 3.60. The van der Waals surface area contributed by atoms with Crippen LogP contribution in [0.3, 0.4) is 0 Å². The van der Waals surface area contributed by atoms with Gasteiger partial charge in [-0.15, -0.1) is 0 Å². The van der Waals surface area contributed by atoms with Gasteiger partial charge in [-0.25, -0.2) is 0 Å². The molecule has 1 aliphatic heterocycles. The summed E-state index contributed by atoms with van der Waals surface area (Å²) in [6.07, 6.45) is 4.05. The van der Waals surface area contributed by atoms with E-state index in [1.165, 1.54) is 0 Å². The van der Waals surface area contributed by atoms with Gasteiger partial charge in [0.05, 0.1) is 0 Å². The second kappa shape index (κ2) is 7.52. The Balaban J connectivity index is 1.49. The van der Waals surface area contributed by atoms with Crippen LogP contribution in [-0.4, -0.2) is 57.5 Å². The van der Waals surface area contributed by atoms with Crippen LogP contribution in [0, 0.1) is 0 Å². The van der Waals surface area contributed by atoms with Gasteiger partial charge >= 0.3 is 0 Å². The van der Waals surface area contributed by atoms with Crippen LogP contribution in [-0.2, 0) is 24.2 Å². The van der Waals surface area contributed by atoms with E-state index < -0.39 is 11.9 Å². The van der Waals surface area contributed by atoms with E-state index in [-0.39, 0.29) is 5.91 Å². The fourth-order valence-electron chi connectivity index (χ4n) is 4.09. The lowest BCUT2D eigenvalue weighted by Crippen LogP contribution is -2.59. The number of hydrogen-bond acceptors (Lipinski definition) is 4. The van der Waals surface area contributed by atoms with Gasteiger partial charge in [-0.3, -0.25) is 19.6 Å². The van der Waals surface area contributed by atoms with Crippen molar-refractivity contribution in [2.45, 2.75) is 38.3 Å². The number of rotatable bonds is 4. The number of hydrogen-bond donors (Lipinski definition) is 2. The summed E-state index contributed by atoms with van der Waals surface area (Å²) >= 11 is 0. The molecule has 7 heteroatoms. The first-order valence-corrected chi connectivity index (χ1v) is 9.56. The molecule has 3 N–H and O–H groups in total. The summed E-state index contributed by atoms with van der Waals surface area (Å²) < 4.78 is 0. The Bertz CT molecular complexity index is 832. The first-order chi connectivity index (χ1) is 13.1. The molecule has 27 heavy (non-hydrogen) atoms. The lowest BCUT2D eigenvalue weighted by atomic mass is 9.95. The number of carbonyl (C=O) groups excluding carboxylic acids is 2. The van der Waals surface area contributed by atoms with Gasteiger partial charge in [0.15, 0.2) is 5.69 Å². The number of aryl methyl sites for hydroxylation is 1. The second-order valence-electron chi connectivity index (χ2n) is 7.36. The molecule has 1 fully saturated rings. The van der Waals surface area contributed by atoms with Crippen LogP contribution in [0.1, 0.15) is 40.2 Å². The van der Waals surface area contributed by atoms with Crippen molar-refractivity contribution in [1.82, 2.24) is 20.0 Å². The topological polar surface area (TPSA) is 95.3 Å². The van der Waals surface area contributed by atoms with Gasteiger partial charge in [0.1, 0.15) is 6.04 Å². The largest absolute Gasteiger partial charge is 0.368 e. The van der Waals surface area contributed by atoms with Crippen molar-refractivity contribution >= 4 is 11.8 Å². The fraction of sp³-hybridized carbons (Fsp3) is 0.450. The Morgan fingerprint density at radius 3 is 2.70 bits per heavy atom. The molecule has 1 atom stereocenters. The number of amides is 2. The molecule has 2 aliphatic rings. The molecular weight excluding hydrogens is 342 g/mol. The van der Waals surface area contributed by atoms with Crippen molar-refractivity contribution in [1.29, 1.82) is 0 Å². The third-order valence-electron chi connectivity index (χ3n) is 5.59. The predicted molar refractivity (Wildman–Crippen MR) is 101 cm³/mol. The Hall–Kier alpha value is -2.67. The molecule has 0 radical (unpaired) electrons. The predicted octanol–water partition coefficient (Wildman–Crippen LogP) is 1.10. The number of primary amides is 1. The number of aromatic amines is 1. The van der Waals surface area contributed by atoms with Crippen molar-refractivity contribution in [3.8, 4) is 0 Å². The molecule has 2 heterocycles. The Morgan fingerprint density at radius 2 is 1.93 bits per heavy atom. The van der Waals surface area contributed by atoms with E-state index in [4.69, 9.17) is 5.73 Å². The molecular formula is C20H25N5O2. The highest BCUT2D eigenvalue weighted by Gasteiger charge is 2.35. The molecule has 0 spiro atoms. The summed E-state index contributed by atoms with van der Waals surface area (Å²) in [5.41, 5.74) is 9.44. The van der Waals surface area contributed by atoms with Crippen molar-refractivity contribution < 1.29 is 9.59 Å². The summed E-state index contributed by atoms with van der Waals surface area (Å²) in [6.45, 7) is 2.13. The number of aromatic nitrogens is 2. The summed E-state index contributed by atoms with van der Waals surface area (Å²) in [5.74, 6) is -0.493. The number of fused-ring (bicyclic) bond motifs is 1. The summed E-state index contributed by atoms with van der Waals surface area (Å²) in [7, 11) is 0. The molecule has 142 valence electrons. The lowest BCUT2D eigenvalue weighted by Gasteiger charge is -2.39. The molecule has 1 aromatic carbocycles. The highest BCUT2D eigenvalue weighted by atomic mass is 16.2. The van der Waals surface area contributed by atoms with Gasteiger partial charge < -0.3 is 10.6 Å². The summed E-state index contributed by atoms with van der Waals surface area (Å²) in [5, 5.41) is 7.31. The maximum absolute atomic E-state index is 13.0. The van der Waals surface area contributed by atoms with Crippen LogP contribution in [0.25, 0.3) is 0 Å². The van der Waals surface area contributed by atoms with Gasteiger partial charge in [-0.05, 0) is 31.2 Å². The highest BCUT2D eigenvalue weighted by Crippen LogP contribution is 2.24. The average molecular weight is 367 g/mol. The first-order valence-electron chi connectivity index (χ1n) is 9.56. The maximum Gasteiger partial charge on any atom is 0.274 e. The average Bonchev–Trinajstić information content (AvgIpc) is 3.12. The van der Waals surface area contributed by atoms with Crippen molar-refractivity contribution in [3.05, 3.63) is 52.8 Å². The summed E-state index contributed by atoms with van der Waals surface area (Å²) in [6, 6.07) is 9.51. The fourth-order valence-corrected chi connectivity index (χ4v) is 4.09.